The van der Waals surface area contributed by atoms with Gasteiger partial charge in [0.25, 0.3) is 0 Å². The molecule has 1 rings (SSSR count). The van der Waals surface area contributed by atoms with Crippen molar-refractivity contribution in [1.82, 2.24) is 16.0 Å². The number of carbonyl (C=O) groups is 1. The van der Waals surface area contributed by atoms with Gasteiger partial charge in [0.05, 0.1) is 24.9 Å². The highest BCUT2D eigenvalue weighted by Crippen LogP contribution is 2.29. The number of likely N-dealkylation sites (N-methyl/N-ethyl adjacent to an activating group) is 1. The Bertz CT molecular complexity index is 490. The summed E-state index contributed by atoms with van der Waals surface area (Å²) in [5.74, 6) is 0.102. The van der Waals surface area contributed by atoms with Crippen LogP contribution in [0.1, 0.15) is 39.5 Å². The highest BCUT2D eigenvalue weighted by Gasteiger charge is 2.21. The van der Waals surface area contributed by atoms with Crippen LogP contribution in [0, 0.1) is 0 Å². The van der Waals surface area contributed by atoms with Crippen molar-refractivity contribution < 1.29 is 14.6 Å². The molecule has 0 aliphatic heterocycles. The van der Waals surface area contributed by atoms with Gasteiger partial charge in [-0.15, -0.1) is 5.73 Å². The number of rotatable bonds is 12. The van der Waals surface area contributed by atoms with E-state index < -0.39 is 6.04 Å². The number of amides is 1. The van der Waals surface area contributed by atoms with E-state index in [0.717, 1.165) is 31.3 Å². The highest BCUT2D eigenvalue weighted by molar-refractivity contribution is 5.81. The van der Waals surface area contributed by atoms with E-state index in [1.807, 2.05) is 7.05 Å². The predicted molar refractivity (Wildman–Crippen MR) is 95.7 cm³/mol. The van der Waals surface area contributed by atoms with E-state index in [1.165, 1.54) is 0 Å². The third-order valence-corrected chi connectivity index (χ3v) is 3.92. The molecule has 0 aromatic rings. The van der Waals surface area contributed by atoms with Crippen LogP contribution in [-0.2, 0) is 9.53 Å². The fraction of sp³-hybridized carbons (Fsp3) is 0.667. The maximum Gasteiger partial charge on any atom is 0.242 e. The molecule has 4 N–H and O–H groups in total. The fourth-order valence-electron chi connectivity index (χ4n) is 2.13. The molecule has 1 amide bonds. The summed E-state index contributed by atoms with van der Waals surface area (Å²) >= 11 is 0. The zero-order chi connectivity index (χ0) is 17.9. The maximum atomic E-state index is 12.1. The molecule has 0 unspecified atom stereocenters. The topological polar surface area (TPSA) is 82.6 Å². The standard InChI is InChI=1S/C18H31N3O3/c1-5-7-10-24-12-16(19-4)15(6-2)21-13(3)18(23)20-11-17(22)14-8-9-14/h13,16,19,21-22H,2,5,7-12H2,1,3-4H3,(H,20,23)/t13-,16-/m1/s1. The SMILES string of the molecule is C=C=C(N[C@H](C)C(=O)NCC(O)=C1CC1)[C@@H](COCCCC)NC. The second-order valence-corrected chi connectivity index (χ2v) is 5.99. The lowest BCUT2D eigenvalue weighted by Crippen LogP contribution is -2.47. The van der Waals surface area contributed by atoms with Gasteiger partial charge in [0.15, 0.2) is 0 Å². The molecule has 1 saturated carbocycles. The number of hydrogen-bond donors (Lipinski definition) is 4. The molecular weight excluding hydrogens is 306 g/mol. The quantitative estimate of drug-likeness (QED) is 0.248. The van der Waals surface area contributed by atoms with E-state index in [9.17, 15) is 9.90 Å². The van der Waals surface area contributed by atoms with Gasteiger partial charge in [-0.1, -0.05) is 19.9 Å². The molecule has 0 aromatic carbocycles. The van der Waals surface area contributed by atoms with Crippen molar-refractivity contribution in [2.45, 2.75) is 51.6 Å². The molecule has 1 aliphatic rings. The second-order valence-electron chi connectivity index (χ2n) is 5.99. The van der Waals surface area contributed by atoms with Crippen LogP contribution in [0.2, 0.25) is 0 Å². The summed E-state index contributed by atoms with van der Waals surface area (Å²) < 4.78 is 5.63. The number of carbonyl (C=O) groups excluding carboxylic acids is 1. The molecule has 1 fully saturated rings. The lowest BCUT2D eigenvalue weighted by Gasteiger charge is -2.23. The Hall–Kier alpha value is -1.75. The largest absolute Gasteiger partial charge is 0.510 e. The normalized spacial score (nSPS) is 15.2. The van der Waals surface area contributed by atoms with Gasteiger partial charge in [-0.3, -0.25) is 4.79 Å². The number of unbranched alkanes of at least 4 members (excludes halogenated alkanes) is 1. The van der Waals surface area contributed by atoms with Crippen molar-refractivity contribution >= 4 is 5.91 Å². The van der Waals surface area contributed by atoms with Crippen LogP contribution in [0.15, 0.2) is 29.3 Å². The van der Waals surface area contributed by atoms with Gasteiger partial charge in [-0.25, -0.2) is 0 Å². The molecule has 0 saturated heterocycles. The number of ether oxygens (including phenoxy) is 1. The Balaban J connectivity index is 2.44. The molecule has 1 aliphatic carbocycles. The van der Waals surface area contributed by atoms with Gasteiger partial charge < -0.3 is 25.8 Å². The van der Waals surface area contributed by atoms with Gasteiger partial charge in [0.2, 0.25) is 5.91 Å². The monoisotopic (exact) mass is 337 g/mol. The molecule has 0 bridgehead atoms. The van der Waals surface area contributed by atoms with Crippen molar-refractivity contribution in [3.8, 4) is 0 Å². The van der Waals surface area contributed by atoms with Crippen LogP contribution in [0.25, 0.3) is 0 Å². The number of nitrogens with one attached hydrogen (secondary N) is 3. The molecular formula is C18H31N3O3. The molecule has 6 nitrogen and oxygen atoms in total. The molecule has 2 atom stereocenters. The Labute approximate surface area is 145 Å². The number of allylic oxidation sites excluding steroid dienone is 1. The summed E-state index contributed by atoms with van der Waals surface area (Å²) in [6, 6.07) is -0.561. The van der Waals surface area contributed by atoms with E-state index in [4.69, 9.17) is 4.74 Å². The number of aliphatic hydroxyl groups is 1. The maximum absolute atomic E-state index is 12.1. The van der Waals surface area contributed by atoms with Crippen molar-refractivity contribution in [1.29, 1.82) is 0 Å². The first kappa shape index (κ1) is 20.3. The van der Waals surface area contributed by atoms with Gasteiger partial charge in [0.1, 0.15) is 11.8 Å². The highest BCUT2D eigenvalue weighted by atomic mass is 16.5. The Morgan fingerprint density at radius 3 is 2.71 bits per heavy atom. The zero-order valence-corrected chi connectivity index (χ0v) is 15.1. The van der Waals surface area contributed by atoms with Crippen LogP contribution in [0.3, 0.4) is 0 Å². The predicted octanol–water partition coefficient (Wildman–Crippen LogP) is 1.76. The second kappa shape index (κ2) is 10.9. The van der Waals surface area contributed by atoms with Gasteiger partial charge in [-0.05, 0) is 38.8 Å². The molecule has 0 heterocycles. The van der Waals surface area contributed by atoms with Crippen LogP contribution < -0.4 is 16.0 Å². The zero-order valence-electron chi connectivity index (χ0n) is 15.1. The van der Waals surface area contributed by atoms with Gasteiger partial charge in [0, 0.05) is 6.61 Å². The van der Waals surface area contributed by atoms with Crippen molar-refractivity contribution in [3.63, 3.8) is 0 Å². The van der Waals surface area contributed by atoms with Gasteiger partial charge >= 0.3 is 0 Å². The molecule has 0 radical (unpaired) electrons. The van der Waals surface area contributed by atoms with E-state index in [-0.39, 0.29) is 24.3 Å². The summed E-state index contributed by atoms with van der Waals surface area (Å²) in [7, 11) is 1.83. The van der Waals surface area contributed by atoms with E-state index >= 15 is 0 Å². The molecule has 136 valence electrons. The van der Waals surface area contributed by atoms with E-state index in [2.05, 4.69) is 35.2 Å². The summed E-state index contributed by atoms with van der Waals surface area (Å²) in [5.41, 5.74) is 4.57. The summed E-state index contributed by atoms with van der Waals surface area (Å²) in [6.07, 6.45) is 3.98. The van der Waals surface area contributed by atoms with Crippen molar-refractivity contribution in [2.75, 3.05) is 26.8 Å². The third kappa shape index (κ3) is 7.21. The Morgan fingerprint density at radius 2 is 2.17 bits per heavy atom. The lowest BCUT2D eigenvalue weighted by atomic mass is 10.2. The number of hydrogen-bond acceptors (Lipinski definition) is 5. The van der Waals surface area contributed by atoms with Crippen LogP contribution in [0.4, 0.5) is 0 Å². The lowest BCUT2D eigenvalue weighted by molar-refractivity contribution is -0.122. The average Bonchev–Trinajstić information content (AvgIpc) is 3.42. The molecule has 6 heteroatoms. The number of aliphatic hydroxyl groups excluding tert-OH is 1. The average molecular weight is 337 g/mol. The minimum absolute atomic E-state index is 0.100. The minimum Gasteiger partial charge on any atom is -0.510 e. The van der Waals surface area contributed by atoms with Gasteiger partial charge in [-0.2, -0.15) is 0 Å². The van der Waals surface area contributed by atoms with E-state index in [1.54, 1.807) is 6.92 Å². The first-order valence-corrected chi connectivity index (χ1v) is 8.62. The molecule has 0 aromatic heterocycles. The molecule has 24 heavy (non-hydrogen) atoms. The van der Waals surface area contributed by atoms with Crippen LogP contribution in [0.5, 0.6) is 0 Å². The first-order valence-electron chi connectivity index (χ1n) is 8.62. The van der Waals surface area contributed by atoms with Crippen molar-refractivity contribution in [3.05, 3.63) is 29.3 Å². The first-order chi connectivity index (χ1) is 11.5. The molecule has 0 spiro atoms. The summed E-state index contributed by atoms with van der Waals surface area (Å²) in [4.78, 5) is 12.1. The summed E-state index contributed by atoms with van der Waals surface area (Å²) in [5, 5.41) is 18.7. The minimum atomic E-state index is -0.460. The Kier molecular flexibility index (Phi) is 9.23. The smallest absolute Gasteiger partial charge is 0.242 e. The fourth-order valence-corrected chi connectivity index (χ4v) is 2.13. The summed E-state index contributed by atoms with van der Waals surface area (Å²) in [6.45, 7) is 8.96. The van der Waals surface area contributed by atoms with E-state index in [0.29, 0.717) is 18.9 Å². The Morgan fingerprint density at radius 1 is 1.46 bits per heavy atom. The van der Waals surface area contributed by atoms with Crippen LogP contribution >= 0.6 is 0 Å². The van der Waals surface area contributed by atoms with Crippen LogP contribution in [-0.4, -0.2) is 49.9 Å². The van der Waals surface area contributed by atoms with Crippen molar-refractivity contribution in [2.24, 2.45) is 0 Å². The third-order valence-electron chi connectivity index (χ3n) is 3.92.